The summed E-state index contributed by atoms with van der Waals surface area (Å²) >= 11 is 0. The molecule has 0 aromatic heterocycles. The maximum absolute atomic E-state index is 13.6. The number of aliphatic hydroxyl groups excluding tert-OH is 1. The first-order valence-electron chi connectivity index (χ1n) is 11.1. The van der Waals surface area contributed by atoms with E-state index >= 15 is 0 Å². The summed E-state index contributed by atoms with van der Waals surface area (Å²) in [7, 11) is 0. The molecule has 1 aliphatic carbocycles. The maximum atomic E-state index is 13.6. The average Bonchev–Trinajstić information content (AvgIpc) is 3.48. The SMILES string of the molecule is CCOC(=O)C1=NOC2C1[C@@H]1O[C@H]2[C@H]2C(=O)C(c3c(CC)cc(C)cc3CC)=C(O)[C@H]21. The van der Waals surface area contributed by atoms with Crippen LogP contribution in [0, 0.1) is 24.7 Å². The summed E-state index contributed by atoms with van der Waals surface area (Å²) in [4.78, 5) is 31.5. The van der Waals surface area contributed by atoms with Gasteiger partial charge in [-0.2, -0.15) is 0 Å². The number of hydrogen-bond donors (Lipinski definition) is 1. The normalized spacial score (nSPS) is 32.8. The van der Waals surface area contributed by atoms with Crippen molar-refractivity contribution in [1.29, 1.82) is 0 Å². The molecule has 1 aromatic rings. The fraction of sp³-hybridized carbons (Fsp3) is 0.542. The van der Waals surface area contributed by atoms with Crippen molar-refractivity contribution >= 4 is 23.0 Å². The molecule has 5 rings (SSSR count). The number of aryl methyl sites for hydroxylation is 3. The van der Waals surface area contributed by atoms with Gasteiger partial charge in [0.25, 0.3) is 0 Å². The Labute approximate surface area is 181 Å². The van der Waals surface area contributed by atoms with Crippen molar-refractivity contribution < 1.29 is 29.0 Å². The minimum absolute atomic E-state index is 0.0734. The van der Waals surface area contributed by atoms with E-state index < -0.39 is 42.0 Å². The van der Waals surface area contributed by atoms with Gasteiger partial charge in [-0.25, -0.2) is 4.79 Å². The van der Waals surface area contributed by atoms with Crippen LogP contribution in [0.4, 0.5) is 0 Å². The summed E-state index contributed by atoms with van der Waals surface area (Å²) in [6, 6.07) is 4.18. The Morgan fingerprint density at radius 3 is 2.35 bits per heavy atom. The highest BCUT2D eigenvalue weighted by Gasteiger charge is 2.70. The lowest BCUT2D eigenvalue weighted by Gasteiger charge is -2.28. The van der Waals surface area contributed by atoms with Crippen LogP contribution in [0.3, 0.4) is 0 Å². The Morgan fingerprint density at radius 2 is 1.74 bits per heavy atom. The number of esters is 1. The van der Waals surface area contributed by atoms with Crippen LogP contribution in [0.5, 0.6) is 0 Å². The number of allylic oxidation sites excluding steroid dienone is 1. The van der Waals surface area contributed by atoms with E-state index in [1.807, 2.05) is 6.92 Å². The highest BCUT2D eigenvalue weighted by atomic mass is 16.7. The number of oxime groups is 1. The first kappa shape index (κ1) is 20.2. The summed E-state index contributed by atoms with van der Waals surface area (Å²) in [5.74, 6) is -2.01. The Kier molecular flexibility index (Phi) is 4.70. The number of Topliss-reactive ketones (excluding diaryl/α,β-unsaturated/α-hetero) is 1. The summed E-state index contributed by atoms with van der Waals surface area (Å²) in [6.45, 7) is 8.13. The fourth-order valence-electron chi connectivity index (χ4n) is 5.90. The number of nitrogens with zero attached hydrogens (tertiary/aromatic N) is 1. The van der Waals surface area contributed by atoms with Crippen LogP contribution in [0.2, 0.25) is 0 Å². The molecule has 3 heterocycles. The van der Waals surface area contributed by atoms with Gasteiger partial charge in [0, 0.05) is 0 Å². The van der Waals surface area contributed by atoms with E-state index in [9.17, 15) is 14.7 Å². The topological polar surface area (TPSA) is 94.4 Å². The Bertz CT molecular complexity index is 1020. The number of benzene rings is 1. The molecule has 31 heavy (non-hydrogen) atoms. The lowest BCUT2D eigenvalue weighted by Crippen LogP contribution is -2.46. The number of carbonyl (C=O) groups is 2. The Morgan fingerprint density at radius 1 is 1.06 bits per heavy atom. The molecule has 0 radical (unpaired) electrons. The number of carbonyl (C=O) groups excluding carboxylic acids is 2. The van der Waals surface area contributed by atoms with Gasteiger partial charge >= 0.3 is 5.97 Å². The van der Waals surface area contributed by atoms with Gasteiger partial charge in [-0.3, -0.25) is 4.79 Å². The van der Waals surface area contributed by atoms with E-state index in [0.29, 0.717) is 5.57 Å². The minimum Gasteiger partial charge on any atom is -0.511 e. The molecule has 0 saturated carbocycles. The third-order valence-electron chi connectivity index (χ3n) is 7.09. The number of rotatable bonds is 5. The Hall–Kier alpha value is -2.67. The van der Waals surface area contributed by atoms with Gasteiger partial charge in [-0.1, -0.05) is 36.7 Å². The number of aliphatic hydroxyl groups is 1. The van der Waals surface area contributed by atoms with Gasteiger partial charge in [-0.15, -0.1) is 0 Å². The van der Waals surface area contributed by atoms with E-state index in [1.54, 1.807) is 6.92 Å². The molecular weight excluding hydrogens is 398 g/mol. The van der Waals surface area contributed by atoms with Crippen LogP contribution in [0.15, 0.2) is 23.0 Å². The second-order valence-electron chi connectivity index (χ2n) is 8.70. The molecule has 7 heteroatoms. The van der Waals surface area contributed by atoms with Crippen molar-refractivity contribution in [2.24, 2.45) is 22.9 Å². The first-order valence-corrected chi connectivity index (χ1v) is 11.1. The quantitative estimate of drug-likeness (QED) is 0.729. The molecule has 2 saturated heterocycles. The zero-order valence-corrected chi connectivity index (χ0v) is 18.2. The van der Waals surface area contributed by atoms with Crippen molar-refractivity contribution in [1.82, 2.24) is 0 Å². The largest absolute Gasteiger partial charge is 0.511 e. The lowest BCUT2D eigenvalue weighted by atomic mass is 9.71. The molecular formula is C24H27NO6. The number of fused-ring (bicyclic) bond motifs is 8. The molecule has 1 aromatic carbocycles. The molecule has 2 bridgehead atoms. The molecule has 3 aliphatic heterocycles. The lowest BCUT2D eigenvalue weighted by molar-refractivity contribution is -0.135. The van der Waals surface area contributed by atoms with E-state index in [4.69, 9.17) is 14.3 Å². The fourth-order valence-corrected chi connectivity index (χ4v) is 5.90. The molecule has 0 amide bonds. The summed E-state index contributed by atoms with van der Waals surface area (Å²) in [6.07, 6.45) is -0.0473. The van der Waals surface area contributed by atoms with Crippen molar-refractivity contribution in [2.75, 3.05) is 6.61 Å². The van der Waals surface area contributed by atoms with Crippen LogP contribution >= 0.6 is 0 Å². The summed E-state index contributed by atoms with van der Waals surface area (Å²) in [5, 5.41) is 15.3. The first-order chi connectivity index (χ1) is 14.9. The Balaban J connectivity index is 1.58. The second kappa shape index (κ2) is 7.19. The predicted octanol–water partition coefficient (Wildman–Crippen LogP) is 2.92. The van der Waals surface area contributed by atoms with E-state index in [1.165, 1.54) is 0 Å². The van der Waals surface area contributed by atoms with Crippen molar-refractivity contribution in [3.05, 3.63) is 40.1 Å². The van der Waals surface area contributed by atoms with Crippen LogP contribution in [-0.2, 0) is 36.7 Å². The van der Waals surface area contributed by atoms with Gasteiger partial charge < -0.3 is 19.4 Å². The highest BCUT2D eigenvalue weighted by Crippen LogP contribution is 2.58. The number of hydrogen-bond acceptors (Lipinski definition) is 7. The molecule has 4 aliphatic rings. The monoisotopic (exact) mass is 425 g/mol. The molecule has 7 nitrogen and oxygen atoms in total. The van der Waals surface area contributed by atoms with Crippen molar-refractivity contribution in [3.63, 3.8) is 0 Å². The zero-order valence-electron chi connectivity index (χ0n) is 18.2. The highest BCUT2D eigenvalue weighted by molar-refractivity contribution is 6.38. The second-order valence-corrected chi connectivity index (χ2v) is 8.70. The molecule has 6 atom stereocenters. The average molecular weight is 425 g/mol. The van der Waals surface area contributed by atoms with Gasteiger partial charge in [0.2, 0.25) is 0 Å². The predicted molar refractivity (Wildman–Crippen MR) is 113 cm³/mol. The third kappa shape index (κ3) is 2.65. The molecule has 2 fully saturated rings. The molecule has 164 valence electrons. The number of ether oxygens (including phenoxy) is 2. The van der Waals surface area contributed by atoms with Crippen molar-refractivity contribution in [3.8, 4) is 0 Å². The van der Waals surface area contributed by atoms with Crippen LogP contribution in [0.25, 0.3) is 5.57 Å². The molecule has 1 N–H and O–H groups in total. The van der Waals surface area contributed by atoms with E-state index in [-0.39, 0.29) is 23.9 Å². The third-order valence-corrected chi connectivity index (χ3v) is 7.09. The van der Waals surface area contributed by atoms with Gasteiger partial charge in [0.15, 0.2) is 17.6 Å². The smallest absolute Gasteiger partial charge is 0.356 e. The van der Waals surface area contributed by atoms with Gasteiger partial charge in [0.05, 0.1) is 36.0 Å². The summed E-state index contributed by atoms with van der Waals surface area (Å²) in [5.41, 5.74) is 4.72. The van der Waals surface area contributed by atoms with Crippen LogP contribution < -0.4 is 0 Å². The summed E-state index contributed by atoms with van der Waals surface area (Å²) < 4.78 is 11.2. The minimum atomic E-state index is -0.538. The molecule has 0 spiro atoms. The van der Waals surface area contributed by atoms with Crippen LogP contribution in [-0.4, -0.2) is 47.5 Å². The number of ketones is 1. The van der Waals surface area contributed by atoms with Crippen LogP contribution in [0.1, 0.15) is 43.0 Å². The van der Waals surface area contributed by atoms with Crippen molar-refractivity contribution in [2.45, 2.75) is 58.8 Å². The zero-order chi connectivity index (χ0) is 22.0. The standard InChI is InChI=1S/C24H27NO6/c1-5-11-8-10(4)9-12(6-2)13(11)14-19(26)15-16(20(14)27)22-23-17(21(15)30-22)18(25-31-23)24(28)29-7-3/h8-9,15-17,21-23,26H,5-7H2,1-4H3/t15-,16+,17?,21+,22-,23?/m0/s1. The maximum Gasteiger partial charge on any atom is 0.356 e. The van der Waals surface area contributed by atoms with E-state index in [2.05, 4.69) is 31.1 Å². The van der Waals surface area contributed by atoms with E-state index in [0.717, 1.165) is 35.1 Å². The van der Waals surface area contributed by atoms with Gasteiger partial charge in [-0.05, 0) is 43.4 Å². The van der Waals surface area contributed by atoms with Gasteiger partial charge in [0.1, 0.15) is 11.9 Å². The molecule has 2 unspecified atom stereocenters.